The zero-order valence-corrected chi connectivity index (χ0v) is 41.7. The summed E-state index contributed by atoms with van der Waals surface area (Å²) in [5.74, 6) is -1.01. The fourth-order valence-corrected chi connectivity index (χ4v) is 6.58. The van der Waals surface area contributed by atoms with E-state index in [9.17, 15) is 14.4 Å². The molecule has 0 saturated heterocycles. The van der Waals surface area contributed by atoms with E-state index in [0.717, 1.165) is 141 Å². The molecule has 0 saturated carbocycles. The summed E-state index contributed by atoms with van der Waals surface area (Å²) in [6.07, 6.45) is 71.8. The van der Waals surface area contributed by atoms with Crippen molar-refractivity contribution in [2.45, 2.75) is 219 Å². The first-order valence-corrected chi connectivity index (χ1v) is 26.0. The molecular weight excluding hydrogens is 805 g/mol. The molecule has 0 amide bonds. The van der Waals surface area contributed by atoms with Crippen molar-refractivity contribution in [1.82, 2.24) is 0 Å². The summed E-state index contributed by atoms with van der Waals surface area (Å²) in [4.78, 5) is 38.0. The van der Waals surface area contributed by atoms with Gasteiger partial charge in [0.25, 0.3) is 0 Å². The molecule has 0 aromatic heterocycles. The molecule has 0 unspecified atom stereocenters. The van der Waals surface area contributed by atoms with Crippen molar-refractivity contribution in [2.24, 2.45) is 0 Å². The maximum absolute atomic E-state index is 12.8. The Morgan fingerprint density at radius 3 is 1.00 bits per heavy atom. The van der Waals surface area contributed by atoms with Gasteiger partial charge >= 0.3 is 17.9 Å². The zero-order valence-electron chi connectivity index (χ0n) is 41.7. The topological polar surface area (TPSA) is 78.9 Å². The molecule has 6 nitrogen and oxygen atoms in total. The smallest absolute Gasteiger partial charge is 0.306 e. The van der Waals surface area contributed by atoms with Crippen LogP contribution in [0.1, 0.15) is 213 Å². The van der Waals surface area contributed by atoms with Crippen LogP contribution in [-0.2, 0) is 28.6 Å². The molecular formula is C59H94O6. The molecule has 0 N–H and O–H groups in total. The number of hydrogen-bond acceptors (Lipinski definition) is 6. The van der Waals surface area contributed by atoms with Gasteiger partial charge in [-0.3, -0.25) is 14.4 Å². The summed E-state index contributed by atoms with van der Waals surface area (Å²) in [5.41, 5.74) is 0. The Hall–Kier alpha value is -4.19. The average Bonchev–Trinajstić information content (AvgIpc) is 3.30. The minimum absolute atomic E-state index is 0.114. The molecule has 0 rings (SSSR count). The normalized spacial score (nSPS) is 13.1. The Balaban J connectivity index is 4.55. The van der Waals surface area contributed by atoms with Crippen molar-refractivity contribution >= 4 is 17.9 Å². The lowest BCUT2D eigenvalue weighted by Crippen LogP contribution is -2.30. The summed E-state index contributed by atoms with van der Waals surface area (Å²) >= 11 is 0. The number of esters is 3. The van der Waals surface area contributed by atoms with Gasteiger partial charge in [-0.2, -0.15) is 0 Å². The monoisotopic (exact) mass is 899 g/mol. The van der Waals surface area contributed by atoms with E-state index < -0.39 is 6.10 Å². The van der Waals surface area contributed by atoms with Crippen LogP contribution < -0.4 is 0 Å². The molecule has 0 aromatic rings. The predicted molar refractivity (Wildman–Crippen MR) is 279 cm³/mol. The third kappa shape index (κ3) is 50.7. The van der Waals surface area contributed by atoms with E-state index in [2.05, 4.69) is 142 Å². The fraction of sp³-hybridized carbons (Fsp3) is 0.610. The van der Waals surface area contributed by atoms with Crippen molar-refractivity contribution in [3.05, 3.63) is 122 Å². The highest BCUT2D eigenvalue weighted by Gasteiger charge is 2.19. The van der Waals surface area contributed by atoms with Gasteiger partial charge < -0.3 is 14.2 Å². The molecule has 65 heavy (non-hydrogen) atoms. The van der Waals surface area contributed by atoms with Crippen LogP contribution in [0.3, 0.4) is 0 Å². The zero-order chi connectivity index (χ0) is 47.2. The first kappa shape index (κ1) is 60.8. The highest BCUT2D eigenvalue weighted by Crippen LogP contribution is 2.12. The van der Waals surface area contributed by atoms with Gasteiger partial charge in [0.1, 0.15) is 13.2 Å². The second kappa shape index (κ2) is 52.4. The van der Waals surface area contributed by atoms with Gasteiger partial charge in [0.2, 0.25) is 0 Å². The molecule has 0 fully saturated rings. The Kier molecular flexibility index (Phi) is 49.1. The first-order valence-electron chi connectivity index (χ1n) is 26.0. The summed E-state index contributed by atoms with van der Waals surface area (Å²) in [6, 6.07) is 0. The Labute approximate surface area is 399 Å². The summed E-state index contributed by atoms with van der Waals surface area (Å²) in [5, 5.41) is 0. The van der Waals surface area contributed by atoms with Gasteiger partial charge in [0.05, 0.1) is 0 Å². The van der Waals surface area contributed by atoms with Crippen molar-refractivity contribution in [2.75, 3.05) is 13.2 Å². The Morgan fingerprint density at radius 1 is 0.323 bits per heavy atom. The van der Waals surface area contributed by atoms with Crippen LogP contribution in [0.4, 0.5) is 0 Å². The number of unbranched alkanes of at least 4 members (excludes halogenated alkanes) is 14. The van der Waals surface area contributed by atoms with E-state index in [-0.39, 0.29) is 44.0 Å². The van der Waals surface area contributed by atoms with Crippen LogP contribution in [-0.4, -0.2) is 37.2 Å². The molecule has 0 aromatic carbocycles. The number of hydrogen-bond donors (Lipinski definition) is 0. The van der Waals surface area contributed by atoms with Crippen molar-refractivity contribution in [3.8, 4) is 0 Å². The largest absolute Gasteiger partial charge is 0.462 e. The molecule has 0 radical (unpaired) electrons. The lowest BCUT2D eigenvalue weighted by Gasteiger charge is -2.18. The first-order chi connectivity index (χ1) is 32.0. The summed E-state index contributed by atoms with van der Waals surface area (Å²) in [6.45, 7) is 6.29. The van der Waals surface area contributed by atoms with Crippen LogP contribution in [0.5, 0.6) is 0 Å². The summed E-state index contributed by atoms with van der Waals surface area (Å²) < 4.78 is 16.7. The van der Waals surface area contributed by atoms with E-state index in [4.69, 9.17) is 14.2 Å². The van der Waals surface area contributed by atoms with E-state index in [1.807, 2.05) is 0 Å². The number of carbonyl (C=O) groups excluding carboxylic acids is 3. The van der Waals surface area contributed by atoms with Crippen LogP contribution >= 0.6 is 0 Å². The lowest BCUT2D eigenvalue weighted by atomic mass is 10.1. The van der Waals surface area contributed by atoms with E-state index in [1.54, 1.807) is 0 Å². The van der Waals surface area contributed by atoms with Crippen molar-refractivity contribution < 1.29 is 28.6 Å². The molecule has 0 spiro atoms. The van der Waals surface area contributed by atoms with Gasteiger partial charge in [-0.25, -0.2) is 0 Å². The molecule has 0 aliphatic rings. The van der Waals surface area contributed by atoms with Crippen LogP contribution in [0.2, 0.25) is 0 Å². The molecule has 0 bridgehead atoms. The van der Waals surface area contributed by atoms with Crippen LogP contribution in [0, 0.1) is 0 Å². The lowest BCUT2D eigenvalue weighted by molar-refractivity contribution is -0.167. The van der Waals surface area contributed by atoms with E-state index >= 15 is 0 Å². The summed E-state index contributed by atoms with van der Waals surface area (Å²) in [7, 11) is 0. The number of ether oxygens (including phenoxy) is 3. The molecule has 0 aliphatic carbocycles. The quantitative estimate of drug-likeness (QED) is 0.0262. The molecule has 366 valence electrons. The maximum atomic E-state index is 12.8. The number of allylic oxidation sites excluding steroid dienone is 20. The fourth-order valence-electron chi connectivity index (χ4n) is 6.58. The van der Waals surface area contributed by atoms with Crippen LogP contribution in [0.25, 0.3) is 0 Å². The highest BCUT2D eigenvalue weighted by molar-refractivity contribution is 5.71. The molecule has 1 atom stereocenters. The minimum Gasteiger partial charge on any atom is -0.462 e. The van der Waals surface area contributed by atoms with Gasteiger partial charge in [0, 0.05) is 19.3 Å². The van der Waals surface area contributed by atoms with Crippen molar-refractivity contribution in [1.29, 1.82) is 0 Å². The maximum Gasteiger partial charge on any atom is 0.306 e. The molecule has 0 heterocycles. The van der Waals surface area contributed by atoms with Crippen molar-refractivity contribution in [3.63, 3.8) is 0 Å². The average molecular weight is 899 g/mol. The SMILES string of the molecule is CC/C=C\C/C=C\C/C=C\C/C=C\C/C=C\CCCC(=O)OC[C@H](COC(=O)CCCCCCC/C=C\C/C=C\CCCCC)OC(=O)CCCCCCC/C=C\C/C=C\C/C=C\CC. The number of carbonyl (C=O) groups is 3. The molecule has 0 aliphatic heterocycles. The van der Waals surface area contributed by atoms with Gasteiger partial charge in [-0.15, -0.1) is 0 Å². The minimum atomic E-state index is -0.819. The third-order valence-corrected chi connectivity index (χ3v) is 10.4. The standard InChI is InChI=1S/C59H94O6/c1-4-7-10-13-16-19-22-25-28-29-32-34-37-40-43-46-49-52-58(61)64-55-56(65-59(62)53-50-47-44-41-38-35-31-27-24-21-18-15-12-9-6-3)54-63-57(60)51-48-45-42-39-36-33-30-26-23-20-17-14-11-8-5-2/h7,9-10,12,16-21,25-28,30-32,34,40,43,56H,4-6,8,11,13-15,22-24,29,33,35-39,41-42,44-55H2,1-3H3/b10-7-,12-9-,19-16-,20-17-,21-18-,28-25-,30-26-,31-27-,34-32-,43-40-/t56-/m0/s1. The predicted octanol–water partition coefficient (Wildman–Crippen LogP) is 17.3. The highest BCUT2D eigenvalue weighted by atomic mass is 16.6. The Bertz CT molecular complexity index is 1400. The number of rotatable bonds is 45. The third-order valence-electron chi connectivity index (χ3n) is 10.4. The van der Waals surface area contributed by atoms with E-state index in [1.165, 1.54) is 25.7 Å². The van der Waals surface area contributed by atoms with Gasteiger partial charge in [-0.05, 0) is 122 Å². The molecule has 6 heteroatoms. The second-order valence-electron chi connectivity index (χ2n) is 16.7. The van der Waals surface area contributed by atoms with E-state index in [0.29, 0.717) is 12.8 Å². The van der Waals surface area contributed by atoms with Gasteiger partial charge in [-0.1, -0.05) is 194 Å². The second-order valence-corrected chi connectivity index (χ2v) is 16.7. The Morgan fingerprint density at radius 2 is 0.615 bits per heavy atom. The van der Waals surface area contributed by atoms with Gasteiger partial charge in [0.15, 0.2) is 6.10 Å². The van der Waals surface area contributed by atoms with Crippen LogP contribution in [0.15, 0.2) is 122 Å².